The van der Waals surface area contributed by atoms with Gasteiger partial charge in [0.05, 0.1) is 5.92 Å². The Labute approximate surface area is 129 Å². The van der Waals surface area contributed by atoms with Gasteiger partial charge in [-0.2, -0.15) is 0 Å². The van der Waals surface area contributed by atoms with E-state index in [1.807, 2.05) is 13.0 Å². The number of Topliss-reactive ketones (excluding diaryl/α,β-unsaturated/α-hetero) is 1. The molecule has 0 bridgehead atoms. The number of hydrogen-bond donors (Lipinski definition) is 0. The van der Waals surface area contributed by atoms with Crippen LogP contribution < -0.4 is 0 Å². The van der Waals surface area contributed by atoms with Crippen LogP contribution in [-0.2, 0) is 23.9 Å². The van der Waals surface area contributed by atoms with Gasteiger partial charge in [0.2, 0.25) is 0 Å². The molecule has 1 aliphatic heterocycles. The molecule has 2 rings (SSSR count). The predicted octanol–water partition coefficient (Wildman–Crippen LogP) is 2.27. The number of carbonyl (C=O) groups is 3. The molecular formula is C17H20O5. The topological polar surface area (TPSA) is 69.7 Å². The Bertz CT molecular complexity index is 584. The molecule has 22 heavy (non-hydrogen) atoms. The summed E-state index contributed by atoms with van der Waals surface area (Å²) in [7, 11) is 0. The Morgan fingerprint density at radius 1 is 1.32 bits per heavy atom. The van der Waals surface area contributed by atoms with Crippen LogP contribution in [0.1, 0.15) is 33.1 Å². The van der Waals surface area contributed by atoms with Crippen LogP contribution in [0, 0.1) is 5.92 Å². The van der Waals surface area contributed by atoms with Crippen molar-refractivity contribution in [3.05, 3.63) is 36.0 Å². The van der Waals surface area contributed by atoms with Crippen molar-refractivity contribution in [1.82, 2.24) is 0 Å². The van der Waals surface area contributed by atoms with E-state index in [9.17, 15) is 14.4 Å². The molecule has 0 N–H and O–H groups in total. The Morgan fingerprint density at radius 3 is 2.64 bits per heavy atom. The lowest BCUT2D eigenvalue weighted by Crippen LogP contribution is -2.33. The summed E-state index contributed by atoms with van der Waals surface area (Å²) in [5, 5.41) is 0. The third kappa shape index (κ3) is 3.35. The largest absolute Gasteiger partial charge is 0.461 e. The molecule has 0 amide bonds. The van der Waals surface area contributed by atoms with Crippen molar-refractivity contribution in [3.63, 3.8) is 0 Å². The third-order valence-corrected chi connectivity index (χ3v) is 4.02. The Balaban J connectivity index is 2.42. The normalized spacial score (nSPS) is 29.5. The highest BCUT2D eigenvalue weighted by atomic mass is 16.6. The highest BCUT2D eigenvalue weighted by Gasteiger charge is 2.44. The van der Waals surface area contributed by atoms with Gasteiger partial charge in [-0.25, -0.2) is 4.79 Å². The van der Waals surface area contributed by atoms with Crippen LogP contribution in [0.15, 0.2) is 36.0 Å². The van der Waals surface area contributed by atoms with E-state index in [2.05, 4.69) is 13.2 Å². The summed E-state index contributed by atoms with van der Waals surface area (Å²) in [6, 6.07) is 0. The molecular weight excluding hydrogens is 284 g/mol. The number of fused-ring (bicyclic) bond motifs is 1. The lowest BCUT2D eigenvalue weighted by atomic mass is 9.84. The first-order valence-corrected chi connectivity index (χ1v) is 7.25. The molecule has 0 aromatic carbocycles. The predicted molar refractivity (Wildman–Crippen MR) is 79.8 cm³/mol. The highest BCUT2D eigenvalue weighted by Crippen LogP contribution is 2.36. The van der Waals surface area contributed by atoms with Crippen LogP contribution in [0.25, 0.3) is 0 Å². The van der Waals surface area contributed by atoms with E-state index in [4.69, 9.17) is 9.47 Å². The minimum Gasteiger partial charge on any atom is -0.461 e. The molecule has 0 aromatic heterocycles. The van der Waals surface area contributed by atoms with Gasteiger partial charge >= 0.3 is 11.9 Å². The lowest BCUT2D eigenvalue weighted by Gasteiger charge is -2.27. The smallest absolute Gasteiger partial charge is 0.334 e. The molecule has 5 nitrogen and oxygen atoms in total. The monoisotopic (exact) mass is 304 g/mol. The molecule has 0 aromatic rings. The minimum atomic E-state index is -0.681. The quantitative estimate of drug-likeness (QED) is 0.422. The molecule has 1 fully saturated rings. The van der Waals surface area contributed by atoms with Crippen molar-refractivity contribution in [2.75, 3.05) is 0 Å². The fourth-order valence-corrected chi connectivity index (χ4v) is 2.84. The van der Waals surface area contributed by atoms with Crippen molar-refractivity contribution >= 4 is 17.7 Å². The summed E-state index contributed by atoms with van der Waals surface area (Å²) in [5.74, 6) is -1.52. The molecule has 0 spiro atoms. The van der Waals surface area contributed by atoms with Crippen LogP contribution in [0.2, 0.25) is 0 Å². The number of esters is 2. The van der Waals surface area contributed by atoms with Gasteiger partial charge in [0.25, 0.3) is 0 Å². The van der Waals surface area contributed by atoms with E-state index in [1.54, 1.807) is 0 Å². The summed E-state index contributed by atoms with van der Waals surface area (Å²) >= 11 is 0. The summed E-state index contributed by atoms with van der Waals surface area (Å²) in [6.45, 7) is 10.7. The van der Waals surface area contributed by atoms with Gasteiger partial charge in [-0.05, 0) is 25.0 Å². The van der Waals surface area contributed by atoms with Gasteiger partial charge in [0.1, 0.15) is 12.2 Å². The number of allylic oxidation sites excluding steroid dienone is 1. The zero-order chi connectivity index (χ0) is 16.4. The molecule has 3 atom stereocenters. The summed E-state index contributed by atoms with van der Waals surface area (Å²) in [6.07, 6.45) is 1.73. The molecule has 2 aliphatic rings. The maximum absolute atomic E-state index is 12.1. The molecule has 5 heteroatoms. The number of carbonyl (C=O) groups excluding carboxylic acids is 3. The Kier molecular flexibility index (Phi) is 4.64. The van der Waals surface area contributed by atoms with E-state index in [1.165, 1.54) is 6.92 Å². The minimum absolute atomic E-state index is 0.0563. The number of hydrogen-bond acceptors (Lipinski definition) is 5. The maximum atomic E-state index is 12.1. The maximum Gasteiger partial charge on any atom is 0.334 e. The summed E-state index contributed by atoms with van der Waals surface area (Å²) in [4.78, 5) is 35.3. The SMILES string of the molecule is C=C1CC(OC(C)=O)C2C(=C)C(=O)OC2C=C(C)CCC1=O. The molecule has 118 valence electrons. The van der Waals surface area contributed by atoms with Gasteiger partial charge in [-0.15, -0.1) is 0 Å². The molecule has 1 aliphatic carbocycles. The second-order valence-electron chi connectivity index (χ2n) is 5.81. The second-order valence-corrected chi connectivity index (χ2v) is 5.81. The van der Waals surface area contributed by atoms with Crippen LogP contribution in [-0.4, -0.2) is 29.9 Å². The fraction of sp³-hybridized carbons (Fsp3) is 0.471. The van der Waals surface area contributed by atoms with E-state index < -0.39 is 30.1 Å². The first kappa shape index (κ1) is 16.2. The molecule has 3 unspecified atom stereocenters. The van der Waals surface area contributed by atoms with Gasteiger partial charge < -0.3 is 9.47 Å². The van der Waals surface area contributed by atoms with E-state index in [0.29, 0.717) is 18.4 Å². The highest BCUT2D eigenvalue weighted by molar-refractivity contribution is 5.95. The third-order valence-electron chi connectivity index (χ3n) is 4.02. The average Bonchev–Trinajstić information content (AvgIpc) is 2.69. The first-order valence-electron chi connectivity index (χ1n) is 7.25. The van der Waals surface area contributed by atoms with Crippen LogP contribution in [0.5, 0.6) is 0 Å². The lowest BCUT2D eigenvalue weighted by molar-refractivity contribution is -0.149. The van der Waals surface area contributed by atoms with Gasteiger partial charge in [-0.1, -0.05) is 18.7 Å². The fourth-order valence-electron chi connectivity index (χ4n) is 2.84. The van der Waals surface area contributed by atoms with Crippen molar-refractivity contribution in [3.8, 4) is 0 Å². The Morgan fingerprint density at radius 2 is 2.00 bits per heavy atom. The van der Waals surface area contributed by atoms with Crippen molar-refractivity contribution in [2.24, 2.45) is 5.92 Å². The first-order chi connectivity index (χ1) is 10.3. The van der Waals surface area contributed by atoms with Crippen molar-refractivity contribution in [1.29, 1.82) is 0 Å². The molecule has 1 saturated heterocycles. The van der Waals surface area contributed by atoms with Gasteiger partial charge in [0.15, 0.2) is 5.78 Å². The van der Waals surface area contributed by atoms with Crippen molar-refractivity contribution in [2.45, 2.75) is 45.3 Å². The molecule has 0 saturated carbocycles. The average molecular weight is 304 g/mol. The summed E-state index contributed by atoms with van der Waals surface area (Å²) < 4.78 is 10.7. The van der Waals surface area contributed by atoms with E-state index >= 15 is 0 Å². The second kappa shape index (κ2) is 6.30. The van der Waals surface area contributed by atoms with Crippen LogP contribution in [0.3, 0.4) is 0 Å². The van der Waals surface area contributed by atoms with Crippen molar-refractivity contribution < 1.29 is 23.9 Å². The Hall–Kier alpha value is -2.17. The number of ether oxygens (including phenoxy) is 2. The van der Waals surface area contributed by atoms with E-state index in [-0.39, 0.29) is 17.8 Å². The zero-order valence-electron chi connectivity index (χ0n) is 12.9. The van der Waals surface area contributed by atoms with E-state index in [0.717, 1.165) is 5.57 Å². The number of ketones is 1. The van der Waals surface area contributed by atoms with Gasteiger partial charge in [0, 0.05) is 25.3 Å². The van der Waals surface area contributed by atoms with Crippen LogP contribution in [0.4, 0.5) is 0 Å². The number of rotatable bonds is 1. The molecule has 1 heterocycles. The van der Waals surface area contributed by atoms with Crippen LogP contribution >= 0.6 is 0 Å². The summed E-state index contributed by atoms with van der Waals surface area (Å²) in [5.41, 5.74) is 1.61. The standard InChI is InChI=1S/C17H20O5/c1-9-5-6-13(19)10(2)8-15(21-12(4)18)16-11(3)17(20)22-14(16)7-9/h7,14-16H,2-3,5-6,8H2,1,4H3. The molecule has 0 radical (unpaired) electrons. The van der Waals surface area contributed by atoms with Gasteiger partial charge in [-0.3, -0.25) is 9.59 Å². The zero-order valence-corrected chi connectivity index (χ0v) is 12.9.